The van der Waals surface area contributed by atoms with Gasteiger partial charge in [0, 0.05) is 5.41 Å². The molecule has 0 amide bonds. The van der Waals surface area contributed by atoms with Crippen LogP contribution in [0.3, 0.4) is 0 Å². The number of aryl methyl sites for hydroxylation is 1. The number of hydrogen-bond acceptors (Lipinski definition) is 2. The molecule has 3 aliphatic carbocycles. The summed E-state index contributed by atoms with van der Waals surface area (Å²) < 4.78 is 24.9. The van der Waals surface area contributed by atoms with E-state index in [1.165, 1.54) is 24.0 Å². The molecule has 3 heteroatoms. The summed E-state index contributed by atoms with van der Waals surface area (Å²) in [5, 5.41) is 0. The van der Waals surface area contributed by atoms with E-state index >= 15 is 0 Å². The Morgan fingerprint density at radius 2 is 2.04 bits per heavy atom. The van der Waals surface area contributed by atoms with Crippen LogP contribution in [0.25, 0.3) is 0 Å². The third-order valence-corrected chi connectivity index (χ3v) is 7.74. The van der Waals surface area contributed by atoms with E-state index in [0.29, 0.717) is 17.8 Å². The van der Waals surface area contributed by atoms with Crippen molar-refractivity contribution in [3.05, 3.63) is 29.3 Å². The molecular formula is C20H25FO2. The Balaban J connectivity index is 1.50. The van der Waals surface area contributed by atoms with Crippen molar-refractivity contribution in [3.63, 3.8) is 0 Å². The van der Waals surface area contributed by atoms with Gasteiger partial charge in [0.2, 0.25) is 6.36 Å². The molecule has 1 saturated heterocycles. The van der Waals surface area contributed by atoms with E-state index in [1.54, 1.807) is 7.11 Å². The average Bonchev–Trinajstić information content (AvgIpc) is 3.14. The fraction of sp³-hybridized carbons (Fsp3) is 0.700. The maximum Gasteiger partial charge on any atom is 0.229 e. The fourth-order valence-corrected chi connectivity index (χ4v) is 6.44. The summed E-state index contributed by atoms with van der Waals surface area (Å²) in [5.41, 5.74) is 2.62. The van der Waals surface area contributed by atoms with Crippen molar-refractivity contribution in [2.75, 3.05) is 7.11 Å². The second kappa shape index (κ2) is 4.50. The Hall–Kier alpha value is -1.09. The largest absolute Gasteiger partial charge is 0.497 e. The summed E-state index contributed by atoms with van der Waals surface area (Å²) in [7, 11) is 1.74. The number of epoxide rings is 1. The third-order valence-electron chi connectivity index (χ3n) is 7.74. The normalized spacial score (nSPS) is 46.9. The summed E-state index contributed by atoms with van der Waals surface area (Å²) in [4.78, 5) is 0. The molecule has 0 aromatic heterocycles. The molecule has 1 heterocycles. The third kappa shape index (κ3) is 1.67. The number of alkyl halides is 1. The van der Waals surface area contributed by atoms with Gasteiger partial charge in [-0.3, -0.25) is 0 Å². The molecule has 6 unspecified atom stereocenters. The molecule has 1 aromatic rings. The highest BCUT2D eigenvalue weighted by atomic mass is 19.2. The smallest absolute Gasteiger partial charge is 0.229 e. The fourth-order valence-electron chi connectivity index (χ4n) is 6.44. The molecule has 1 aromatic carbocycles. The number of benzene rings is 1. The second-order valence-electron chi connectivity index (χ2n) is 8.30. The van der Waals surface area contributed by atoms with E-state index in [9.17, 15) is 4.39 Å². The molecule has 2 nitrogen and oxygen atoms in total. The Bertz CT molecular complexity index is 659. The molecule has 2 saturated carbocycles. The zero-order valence-electron chi connectivity index (χ0n) is 14.0. The summed E-state index contributed by atoms with van der Waals surface area (Å²) >= 11 is 0. The van der Waals surface area contributed by atoms with Crippen molar-refractivity contribution in [2.24, 2.45) is 17.3 Å². The number of rotatable bonds is 1. The van der Waals surface area contributed by atoms with E-state index in [1.807, 2.05) is 0 Å². The predicted molar refractivity (Wildman–Crippen MR) is 86.3 cm³/mol. The average molecular weight is 316 g/mol. The van der Waals surface area contributed by atoms with Gasteiger partial charge in [-0.05, 0) is 79.5 Å². The van der Waals surface area contributed by atoms with Gasteiger partial charge in [-0.25, -0.2) is 4.39 Å². The van der Waals surface area contributed by atoms with E-state index in [0.717, 1.165) is 31.4 Å². The first-order valence-corrected chi connectivity index (χ1v) is 9.08. The van der Waals surface area contributed by atoms with Gasteiger partial charge in [-0.2, -0.15) is 0 Å². The molecule has 1 spiro atoms. The van der Waals surface area contributed by atoms with Crippen molar-refractivity contribution in [3.8, 4) is 5.75 Å². The predicted octanol–water partition coefficient (Wildman–Crippen LogP) is 4.62. The minimum Gasteiger partial charge on any atom is -0.497 e. The van der Waals surface area contributed by atoms with Crippen LogP contribution < -0.4 is 4.74 Å². The van der Waals surface area contributed by atoms with Crippen LogP contribution in [0.1, 0.15) is 56.1 Å². The minimum atomic E-state index is -1.01. The highest BCUT2D eigenvalue weighted by Crippen LogP contribution is 2.71. The number of fused-ring (bicyclic) bond motifs is 6. The summed E-state index contributed by atoms with van der Waals surface area (Å²) in [5.74, 6) is 2.94. The molecule has 0 bridgehead atoms. The van der Waals surface area contributed by atoms with Crippen LogP contribution in [0.5, 0.6) is 5.75 Å². The van der Waals surface area contributed by atoms with Crippen LogP contribution in [-0.2, 0) is 11.2 Å². The van der Waals surface area contributed by atoms with E-state index < -0.39 is 12.0 Å². The quantitative estimate of drug-likeness (QED) is 0.705. The van der Waals surface area contributed by atoms with E-state index in [-0.39, 0.29) is 5.41 Å². The first kappa shape index (κ1) is 14.3. The van der Waals surface area contributed by atoms with Crippen LogP contribution in [0.4, 0.5) is 4.39 Å². The van der Waals surface area contributed by atoms with Crippen molar-refractivity contribution in [1.29, 1.82) is 0 Å². The van der Waals surface area contributed by atoms with Crippen LogP contribution >= 0.6 is 0 Å². The lowest BCUT2D eigenvalue weighted by Crippen LogP contribution is -2.46. The first-order valence-electron chi connectivity index (χ1n) is 9.08. The monoisotopic (exact) mass is 316 g/mol. The van der Waals surface area contributed by atoms with Gasteiger partial charge in [-0.1, -0.05) is 13.0 Å². The van der Waals surface area contributed by atoms with Crippen LogP contribution in [0.15, 0.2) is 18.2 Å². The van der Waals surface area contributed by atoms with E-state index in [4.69, 9.17) is 9.47 Å². The first-order chi connectivity index (χ1) is 11.1. The number of hydrogen-bond donors (Lipinski definition) is 0. The molecule has 5 rings (SSSR count). The van der Waals surface area contributed by atoms with Crippen LogP contribution in [0, 0.1) is 17.3 Å². The van der Waals surface area contributed by atoms with Gasteiger partial charge >= 0.3 is 0 Å². The summed E-state index contributed by atoms with van der Waals surface area (Å²) in [6.45, 7) is 2.31. The van der Waals surface area contributed by atoms with Gasteiger partial charge in [0.05, 0.1) is 7.11 Å². The van der Waals surface area contributed by atoms with Gasteiger partial charge < -0.3 is 9.47 Å². The topological polar surface area (TPSA) is 21.8 Å². The SMILES string of the molecule is COc1ccc2c(c1)CCC1C2CCC2(C)C1CCC21OC1F. The number of ether oxygens (including phenoxy) is 2. The maximum atomic E-state index is 14.0. The molecular weight excluding hydrogens is 291 g/mol. The zero-order chi connectivity index (χ0) is 15.8. The molecule has 23 heavy (non-hydrogen) atoms. The van der Waals surface area contributed by atoms with Gasteiger partial charge in [0.25, 0.3) is 0 Å². The Labute approximate surface area is 137 Å². The molecule has 6 atom stereocenters. The lowest BCUT2D eigenvalue weighted by Gasteiger charge is -2.50. The molecule has 1 aliphatic heterocycles. The van der Waals surface area contributed by atoms with Crippen molar-refractivity contribution < 1.29 is 13.9 Å². The van der Waals surface area contributed by atoms with Gasteiger partial charge in [0.15, 0.2) is 0 Å². The highest BCUT2D eigenvalue weighted by Gasteiger charge is 2.74. The molecule has 124 valence electrons. The van der Waals surface area contributed by atoms with Gasteiger partial charge in [-0.15, -0.1) is 0 Å². The van der Waals surface area contributed by atoms with Crippen LogP contribution in [0.2, 0.25) is 0 Å². The second-order valence-corrected chi connectivity index (χ2v) is 8.30. The van der Waals surface area contributed by atoms with Crippen molar-refractivity contribution >= 4 is 0 Å². The number of halogens is 1. The lowest BCUT2D eigenvalue weighted by atomic mass is 9.54. The van der Waals surface area contributed by atoms with Crippen LogP contribution in [-0.4, -0.2) is 19.1 Å². The Morgan fingerprint density at radius 1 is 1.22 bits per heavy atom. The molecule has 0 N–H and O–H groups in total. The maximum absolute atomic E-state index is 14.0. The zero-order valence-corrected chi connectivity index (χ0v) is 14.0. The lowest BCUT2D eigenvalue weighted by molar-refractivity contribution is 0.0118. The standard InChI is InChI=1S/C20H25FO2/c1-19-9-7-15-14-6-4-13(22-2)11-12(14)3-5-16(15)17(19)8-10-20(19)18(21)23-20/h4,6,11,15-18H,3,5,7-10H2,1-2H3. The highest BCUT2D eigenvalue weighted by molar-refractivity contribution is 5.41. The summed E-state index contributed by atoms with van der Waals surface area (Å²) in [6.07, 6.45) is 5.71. The van der Waals surface area contributed by atoms with Crippen molar-refractivity contribution in [1.82, 2.24) is 0 Å². The van der Waals surface area contributed by atoms with E-state index in [2.05, 4.69) is 25.1 Å². The minimum absolute atomic E-state index is 0.0531. The van der Waals surface area contributed by atoms with Crippen molar-refractivity contribution in [2.45, 2.75) is 63.3 Å². The van der Waals surface area contributed by atoms with Gasteiger partial charge in [0.1, 0.15) is 11.4 Å². The molecule has 4 aliphatic rings. The Kier molecular flexibility index (Phi) is 2.79. The number of methoxy groups -OCH3 is 1. The molecule has 0 radical (unpaired) electrons. The Morgan fingerprint density at radius 3 is 2.78 bits per heavy atom. The molecule has 3 fully saturated rings. The summed E-state index contributed by atoms with van der Waals surface area (Å²) in [6, 6.07) is 6.60.